The van der Waals surface area contributed by atoms with Crippen LogP contribution in [0.25, 0.3) is 0 Å². The van der Waals surface area contributed by atoms with E-state index < -0.39 is 67.1 Å². The number of hydrogen-bond donors (Lipinski definition) is 4. The van der Waals surface area contributed by atoms with Crippen molar-refractivity contribution in [2.75, 3.05) is 37.1 Å². The second kappa shape index (κ2) is 23.6. The molecular weight excluding hydrogens is 826 g/mol. The van der Waals surface area contributed by atoms with Gasteiger partial charge >= 0.3 is 27.1 Å². The molecule has 0 spiro atoms. The van der Waals surface area contributed by atoms with Gasteiger partial charge in [0.1, 0.15) is 23.3 Å². The van der Waals surface area contributed by atoms with Gasteiger partial charge < -0.3 is 49.7 Å². The molecule has 16 nitrogen and oxygen atoms in total. The molecule has 0 aromatic heterocycles. The van der Waals surface area contributed by atoms with E-state index in [-0.39, 0.29) is 52.1 Å². The highest BCUT2D eigenvalue weighted by molar-refractivity contribution is 7.74. The van der Waals surface area contributed by atoms with E-state index in [9.17, 15) is 19.2 Å². The van der Waals surface area contributed by atoms with Gasteiger partial charge in [0.25, 0.3) is 0 Å². The first-order chi connectivity index (χ1) is 28.5. The van der Waals surface area contributed by atoms with Crippen molar-refractivity contribution in [3.63, 3.8) is 0 Å². The first kappa shape index (κ1) is 52.6. The number of benzene rings is 2. The second-order valence-electron chi connectivity index (χ2n) is 15.8. The number of nitrogens with one attached hydrogen (secondary N) is 2. The fourth-order valence-corrected chi connectivity index (χ4v) is 11.3. The maximum absolute atomic E-state index is 15.5. The van der Waals surface area contributed by atoms with E-state index in [1.165, 1.54) is 24.3 Å². The lowest BCUT2D eigenvalue weighted by molar-refractivity contribution is -0.158. The van der Waals surface area contributed by atoms with E-state index >= 15 is 9.13 Å². The van der Waals surface area contributed by atoms with E-state index in [1.54, 1.807) is 90.1 Å². The maximum Gasteiger partial charge on any atom is 0.350 e. The van der Waals surface area contributed by atoms with Gasteiger partial charge in [-0.1, -0.05) is 48.6 Å². The Hall–Kier alpha value is -4.50. The number of rotatable bonds is 26. The summed E-state index contributed by atoms with van der Waals surface area (Å²) < 4.78 is 65.5. The third kappa shape index (κ3) is 16.7. The number of esters is 2. The summed E-state index contributed by atoms with van der Waals surface area (Å²) in [6.45, 7) is 23.8. The van der Waals surface area contributed by atoms with Crippen molar-refractivity contribution in [2.24, 2.45) is 11.5 Å². The van der Waals surface area contributed by atoms with Crippen LogP contribution in [0.5, 0.6) is 0 Å². The number of nitrogens with two attached hydrogens (primary N) is 2. The Morgan fingerprint density at radius 1 is 0.574 bits per heavy atom. The highest BCUT2D eigenvalue weighted by atomic mass is 31.2. The summed E-state index contributed by atoms with van der Waals surface area (Å²) >= 11 is 0. The van der Waals surface area contributed by atoms with Crippen LogP contribution < -0.4 is 22.1 Å². The summed E-state index contributed by atoms with van der Waals surface area (Å²) in [5.74, 6) is -2.55. The van der Waals surface area contributed by atoms with Crippen molar-refractivity contribution < 1.29 is 55.9 Å². The van der Waals surface area contributed by atoms with E-state index in [0.29, 0.717) is 22.5 Å². The van der Waals surface area contributed by atoms with E-state index in [0.717, 1.165) is 0 Å². The Morgan fingerprint density at radius 2 is 0.852 bits per heavy atom. The Kier molecular flexibility index (Phi) is 20.4. The van der Waals surface area contributed by atoms with Crippen LogP contribution in [0.3, 0.4) is 0 Å². The molecule has 0 bridgehead atoms. The molecule has 336 valence electrons. The van der Waals surface area contributed by atoms with Gasteiger partial charge in [-0.25, -0.2) is 0 Å². The third-order valence-electron chi connectivity index (χ3n) is 8.15. The molecule has 2 amide bonds. The minimum absolute atomic E-state index is 0.286. The molecule has 2 aromatic rings. The molecule has 6 N–H and O–H groups in total. The molecule has 0 heterocycles. The number of carbonyl (C=O) groups is 4. The van der Waals surface area contributed by atoms with Gasteiger partial charge in [-0.15, -0.1) is 26.3 Å². The van der Waals surface area contributed by atoms with Crippen LogP contribution in [0.1, 0.15) is 65.5 Å². The number of ether oxygens (including phenoxy) is 2. The minimum Gasteiger partial charge on any atom is -0.459 e. The van der Waals surface area contributed by atoms with Crippen LogP contribution >= 0.6 is 15.2 Å². The van der Waals surface area contributed by atoms with Crippen LogP contribution in [0, 0.1) is 0 Å². The van der Waals surface area contributed by atoms with Gasteiger partial charge in [-0.3, -0.25) is 28.3 Å². The number of anilines is 2. The van der Waals surface area contributed by atoms with Crippen LogP contribution in [-0.4, -0.2) is 78.4 Å². The SMILES string of the molecule is C=CCOP(=O)(OCC=C)C(Cc1ccc(NC(=O)C[C@H](N)C(=O)OC(C)(C)C)cc1)(Cc1ccc(NC(=O)C[C@H](N)C(=O)OC(C)(C)C)cc1)P(=O)(OCC=C)OCC=C. The Balaban J connectivity index is 2.67. The fourth-order valence-electron chi connectivity index (χ4n) is 5.57. The van der Waals surface area contributed by atoms with Crippen LogP contribution in [-0.2, 0) is 68.7 Å². The summed E-state index contributed by atoms with van der Waals surface area (Å²) in [5, 5.41) is 5.39. The normalized spacial score (nSPS) is 13.2. The predicted molar refractivity (Wildman–Crippen MR) is 237 cm³/mol. The zero-order chi connectivity index (χ0) is 46.1. The first-order valence-corrected chi connectivity index (χ1v) is 22.5. The zero-order valence-electron chi connectivity index (χ0n) is 36.0. The fraction of sp³-hybridized carbons (Fsp3) is 0.442. The van der Waals surface area contributed by atoms with Crippen molar-refractivity contribution in [3.8, 4) is 0 Å². The quantitative estimate of drug-likeness (QED) is 0.0411. The smallest absolute Gasteiger partial charge is 0.350 e. The van der Waals surface area contributed by atoms with Crippen molar-refractivity contribution in [1.29, 1.82) is 0 Å². The number of amides is 2. The van der Waals surface area contributed by atoms with Crippen molar-refractivity contribution >= 4 is 50.3 Å². The Labute approximate surface area is 359 Å². The molecule has 0 fully saturated rings. The molecule has 0 aliphatic heterocycles. The molecule has 0 aliphatic carbocycles. The van der Waals surface area contributed by atoms with Crippen LogP contribution in [0.2, 0.25) is 0 Å². The Morgan fingerprint density at radius 3 is 1.10 bits per heavy atom. The number of carbonyl (C=O) groups excluding carboxylic acids is 4. The lowest BCUT2D eigenvalue weighted by atomic mass is 10.0. The average molecular weight is 889 g/mol. The molecule has 0 unspecified atom stereocenters. The van der Waals surface area contributed by atoms with E-state index in [1.807, 2.05) is 0 Å². The van der Waals surface area contributed by atoms with Gasteiger partial charge in [0.05, 0.1) is 39.3 Å². The molecule has 0 saturated heterocycles. The monoisotopic (exact) mass is 888 g/mol. The van der Waals surface area contributed by atoms with Crippen molar-refractivity contribution in [3.05, 3.63) is 110 Å². The van der Waals surface area contributed by atoms with Gasteiger partial charge in [0.15, 0.2) is 4.90 Å². The van der Waals surface area contributed by atoms with Crippen LogP contribution in [0.4, 0.5) is 11.4 Å². The predicted octanol–water partition coefficient (Wildman–Crippen LogP) is 7.36. The lowest BCUT2D eigenvalue weighted by Crippen LogP contribution is -2.39. The zero-order valence-corrected chi connectivity index (χ0v) is 37.8. The minimum atomic E-state index is -4.66. The van der Waals surface area contributed by atoms with Crippen LogP contribution in [0.15, 0.2) is 99.2 Å². The van der Waals surface area contributed by atoms with Crippen molar-refractivity contribution in [1.82, 2.24) is 0 Å². The molecule has 0 radical (unpaired) electrons. The molecule has 61 heavy (non-hydrogen) atoms. The van der Waals surface area contributed by atoms with E-state index in [2.05, 4.69) is 36.9 Å². The highest BCUT2D eigenvalue weighted by Gasteiger charge is 2.65. The molecule has 0 aliphatic rings. The summed E-state index contributed by atoms with van der Waals surface area (Å²) in [5.41, 5.74) is 11.9. The van der Waals surface area contributed by atoms with Crippen molar-refractivity contribution in [2.45, 2.75) is 95.4 Å². The first-order valence-electron chi connectivity index (χ1n) is 19.4. The van der Waals surface area contributed by atoms with E-state index in [4.69, 9.17) is 39.0 Å². The van der Waals surface area contributed by atoms with Gasteiger partial charge in [-0.2, -0.15) is 0 Å². The second-order valence-corrected chi connectivity index (χ2v) is 20.9. The van der Waals surface area contributed by atoms with Gasteiger partial charge in [0, 0.05) is 24.2 Å². The molecule has 18 heteroatoms. The van der Waals surface area contributed by atoms with Gasteiger partial charge in [0.2, 0.25) is 11.8 Å². The Bertz CT molecular complexity index is 1770. The highest BCUT2D eigenvalue weighted by Crippen LogP contribution is 2.79. The summed E-state index contributed by atoms with van der Waals surface area (Å²) in [6, 6.07) is 10.3. The average Bonchev–Trinajstić information content (AvgIpc) is 3.17. The largest absolute Gasteiger partial charge is 0.459 e. The molecule has 0 saturated carbocycles. The molecule has 2 atom stereocenters. The third-order valence-corrected chi connectivity index (χ3v) is 14.2. The summed E-state index contributed by atoms with van der Waals surface area (Å²) in [4.78, 5) is 48.3. The molecular formula is C43H62N4O12P2. The summed E-state index contributed by atoms with van der Waals surface area (Å²) in [6.07, 6.45) is 4.11. The maximum atomic E-state index is 15.5. The van der Waals surface area contributed by atoms with Gasteiger partial charge in [-0.05, 0) is 76.9 Å². The number of hydrogen-bond acceptors (Lipinski definition) is 14. The topological polar surface area (TPSA) is 234 Å². The molecule has 2 rings (SSSR count). The standard InChI is InChI=1S/C43H62N4O12P2/c1-11-23-54-60(52,55-24-12-2)43(61(53,56-25-13-3)57-26-14-4,29-31-15-19-33(20-16-31)46-37(48)27-35(44)39(50)58-41(5,6)7)30-32-17-21-34(22-18-32)47-38(49)28-36(45)40(51)59-42(8,9)10/h11-22,35-36H,1-4,23-30,44-45H2,5-10H3,(H,46,48)(H,47,49)/t35-,36-/m0/s1. The molecule has 2 aromatic carbocycles. The lowest BCUT2D eigenvalue weighted by Gasteiger charge is -2.42. The summed E-state index contributed by atoms with van der Waals surface area (Å²) in [7, 11) is -9.31.